The fourth-order valence-corrected chi connectivity index (χ4v) is 2.03. The van der Waals surface area contributed by atoms with Gasteiger partial charge in [0, 0.05) is 17.3 Å². The summed E-state index contributed by atoms with van der Waals surface area (Å²) in [4.78, 5) is 13.8. The summed E-state index contributed by atoms with van der Waals surface area (Å²) < 4.78 is 0. The first-order chi connectivity index (χ1) is 7.59. The first kappa shape index (κ1) is 11.0. The van der Waals surface area contributed by atoms with Crippen LogP contribution in [0, 0.1) is 0 Å². The molecular formula is C11H12N2O2S. The van der Waals surface area contributed by atoms with E-state index in [1.54, 1.807) is 0 Å². The van der Waals surface area contributed by atoms with Crippen LogP contribution >= 0.6 is 12.6 Å². The van der Waals surface area contributed by atoms with Gasteiger partial charge in [0.1, 0.15) is 6.04 Å². The maximum atomic E-state index is 10.7. The highest BCUT2D eigenvalue weighted by molar-refractivity contribution is 7.80. The molecule has 0 spiro atoms. The molecule has 16 heavy (non-hydrogen) atoms. The SMILES string of the molecule is N[C@@H](Cc1c(S)[nH]c2ccccc12)C(=O)O. The number of hydrogen-bond acceptors (Lipinski definition) is 3. The summed E-state index contributed by atoms with van der Waals surface area (Å²) in [6.45, 7) is 0. The Morgan fingerprint density at radius 2 is 2.19 bits per heavy atom. The minimum Gasteiger partial charge on any atom is -0.480 e. The number of benzene rings is 1. The van der Waals surface area contributed by atoms with Crippen molar-refractivity contribution in [1.82, 2.24) is 4.98 Å². The third kappa shape index (κ3) is 1.91. The van der Waals surface area contributed by atoms with Gasteiger partial charge in [-0.15, -0.1) is 12.6 Å². The molecule has 0 saturated heterocycles. The first-order valence-electron chi connectivity index (χ1n) is 4.86. The summed E-state index contributed by atoms with van der Waals surface area (Å²) in [7, 11) is 0. The van der Waals surface area contributed by atoms with Crippen LogP contribution in [-0.4, -0.2) is 22.1 Å². The van der Waals surface area contributed by atoms with Gasteiger partial charge in [-0.25, -0.2) is 0 Å². The molecule has 0 aliphatic carbocycles. The zero-order chi connectivity index (χ0) is 11.7. The van der Waals surface area contributed by atoms with Crippen molar-refractivity contribution in [3.8, 4) is 0 Å². The quantitative estimate of drug-likeness (QED) is 0.608. The molecule has 0 unspecified atom stereocenters. The van der Waals surface area contributed by atoms with Crippen LogP contribution in [0.25, 0.3) is 10.9 Å². The molecule has 2 aromatic rings. The van der Waals surface area contributed by atoms with Crippen molar-refractivity contribution in [2.24, 2.45) is 5.73 Å². The summed E-state index contributed by atoms with van der Waals surface area (Å²) in [5, 5.41) is 10.4. The Balaban J connectivity index is 2.43. The van der Waals surface area contributed by atoms with E-state index < -0.39 is 12.0 Å². The molecule has 0 bridgehead atoms. The number of carboxylic acids is 1. The number of hydrogen-bond donors (Lipinski definition) is 4. The number of H-pyrrole nitrogens is 1. The van der Waals surface area contributed by atoms with Gasteiger partial charge in [0.25, 0.3) is 0 Å². The van der Waals surface area contributed by atoms with Crippen molar-refractivity contribution in [3.05, 3.63) is 29.8 Å². The Morgan fingerprint density at radius 3 is 2.88 bits per heavy atom. The van der Waals surface area contributed by atoms with Gasteiger partial charge in [-0.2, -0.15) is 0 Å². The van der Waals surface area contributed by atoms with Crippen LogP contribution < -0.4 is 5.73 Å². The third-order valence-electron chi connectivity index (χ3n) is 2.53. The van der Waals surface area contributed by atoms with Gasteiger partial charge >= 0.3 is 5.97 Å². The van der Waals surface area contributed by atoms with Crippen LogP contribution in [0.3, 0.4) is 0 Å². The van der Waals surface area contributed by atoms with E-state index in [2.05, 4.69) is 17.6 Å². The van der Waals surface area contributed by atoms with E-state index in [4.69, 9.17) is 10.8 Å². The van der Waals surface area contributed by atoms with E-state index >= 15 is 0 Å². The second-order valence-corrected chi connectivity index (χ2v) is 4.09. The van der Waals surface area contributed by atoms with Crippen LogP contribution in [-0.2, 0) is 11.2 Å². The zero-order valence-electron chi connectivity index (χ0n) is 8.47. The highest BCUT2D eigenvalue weighted by atomic mass is 32.1. The number of nitrogens with two attached hydrogens (primary N) is 1. The molecule has 0 radical (unpaired) electrons. The molecule has 4 N–H and O–H groups in total. The molecule has 2 rings (SSSR count). The Kier molecular flexibility index (Phi) is 2.89. The number of carbonyl (C=O) groups is 1. The summed E-state index contributed by atoms with van der Waals surface area (Å²) in [6, 6.07) is 6.76. The van der Waals surface area contributed by atoms with Crippen LogP contribution in [0.4, 0.5) is 0 Å². The van der Waals surface area contributed by atoms with E-state index in [9.17, 15) is 4.79 Å². The third-order valence-corrected chi connectivity index (χ3v) is 2.91. The maximum Gasteiger partial charge on any atom is 0.320 e. The molecule has 1 atom stereocenters. The van der Waals surface area contributed by atoms with Crippen molar-refractivity contribution in [2.45, 2.75) is 17.5 Å². The molecule has 1 aromatic heterocycles. The standard InChI is InChI=1S/C11H12N2O2S/c12-8(11(14)15)5-7-6-3-1-2-4-9(6)13-10(7)16/h1-4,8,13,16H,5,12H2,(H,14,15)/t8-/m0/s1. The van der Waals surface area contributed by atoms with Crippen molar-refractivity contribution < 1.29 is 9.90 Å². The Labute approximate surface area is 97.9 Å². The molecule has 0 aliphatic rings. The monoisotopic (exact) mass is 236 g/mol. The van der Waals surface area contributed by atoms with Gasteiger partial charge in [-0.3, -0.25) is 4.79 Å². The fraction of sp³-hybridized carbons (Fsp3) is 0.182. The van der Waals surface area contributed by atoms with Crippen molar-refractivity contribution >= 4 is 29.5 Å². The van der Waals surface area contributed by atoms with E-state index in [0.717, 1.165) is 16.5 Å². The number of nitrogens with one attached hydrogen (secondary N) is 1. The second kappa shape index (κ2) is 4.19. The Bertz CT molecular complexity index is 536. The van der Waals surface area contributed by atoms with E-state index in [1.807, 2.05) is 24.3 Å². The van der Waals surface area contributed by atoms with Gasteiger partial charge in [-0.1, -0.05) is 18.2 Å². The topological polar surface area (TPSA) is 79.1 Å². The minimum atomic E-state index is -1.00. The number of para-hydroxylation sites is 1. The average Bonchev–Trinajstić information content (AvgIpc) is 2.55. The summed E-state index contributed by atoms with van der Waals surface area (Å²) in [6.07, 6.45) is 0.276. The molecule has 1 aromatic carbocycles. The van der Waals surface area contributed by atoms with Gasteiger partial charge in [-0.05, 0) is 11.6 Å². The van der Waals surface area contributed by atoms with Crippen LogP contribution in [0.15, 0.2) is 29.3 Å². The summed E-state index contributed by atoms with van der Waals surface area (Å²) in [5.41, 5.74) is 7.32. The lowest BCUT2D eigenvalue weighted by molar-refractivity contribution is -0.138. The summed E-state index contributed by atoms with van der Waals surface area (Å²) in [5.74, 6) is -1.00. The van der Waals surface area contributed by atoms with Gasteiger partial charge in [0.05, 0.1) is 5.03 Å². The lowest BCUT2D eigenvalue weighted by Crippen LogP contribution is -2.32. The van der Waals surface area contributed by atoms with Crippen molar-refractivity contribution in [2.75, 3.05) is 0 Å². The molecule has 0 aliphatic heterocycles. The van der Waals surface area contributed by atoms with Crippen LogP contribution in [0.5, 0.6) is 0 Å². The number of carboxylic acid groups (broad SMARTS) is 1. The normalized spacial score (nSPS) is 12.9. The van der Waals surface area contributed by atoms with Crippen LogP contribution in [0.2, 0.25) is 0 Å². The highest BCUT2D eigenvalue weighted by Crippen LogP contribution is 2.25. The van der Waals surface area contributed by atoms with E-state index in [1.165, 1.54) is 0 Å². The smallest absolute Gasteiger partial charge is 0.320 e. The Hall–Kier alpha value is -1.46. The lowest BCUT2D eigenvalue weighted by atomic mass is 10.1. The molecule has 0 saturated carbocycles. The number of aromatic amines is 1. The predicted octanol–water partition coefficient (Wildman–Crippen LogP) is 1.41. The molecule has 1 heterocycles. The molecule has 5 heteroatoms. The zero-order valence-corrected chi connectivity index (χ0v) is 9.37. The second-order valence-electron chi connectivity index (χ2n) is 3.65. The molecule has 4 nitrogen and oxygen atoms in total. The molecule has 0 amide bonds. The van der Waals surface area contributed by atoms with Crippen LogP contribution in [0.1, 0.15) is 5.56 Å². The maximum absolute atomic E-state index is 10.7. The number of aliphatic carboxylic acids is 1. The predicted molar refractivity (Wildman–Crippen MR) is 64.9 cm³/mol. The lowest BCUT2D eigenvalue weighted by Gasteiger charge is -2.05. The molecule has 84 valence electrons. The number of thiol groups is 1. The largest absolute Gasteiger partial charge is 0.480 e. The number of fused-ring (bicyclic) bond motifs is 1. The van der Waals surface area contributed by atoms with Crippen molar-refractivity contribution in [1.29, 1.82) is 0 Å². The fourth-order valence-electron chi connectivity index (χ4n) is 1.70. The average molecular weight is 236 g/mol. The molecular weight excluding hydrogens is 224 g/mol. The van der Waals surface area contributed by atoms with E-state index in [-0.39, 0.29) is 6.42 Å². The van der Waals surface area contributed by atoms with E-state index in [0.29, 0.717) is 5.03 Å². The highest BCUT2D eigenvalue weighted by Gasteiger charge is 2.17. The van der Waals surface area contributed by atoms with Gasteiger partial charge in [0.15, 0.2) is 0 Å². The molecule has 0 fully saturated rings. The summed E-state index contributed by atoms with van der Waals surface area (Å²) >= 11 is 4.30. The Morgan fingerprint density at radius 1 is 1.50 bits per heavy atom. The first-order valence-corrected chi connectivity index (χ1v) is 5.31. The minimum absolute atomic E-state index is 0.276. The number of rotatable bonds is 3. The number of aromatic nitrogens is 1. The van der Waals surface area contributed by atoms with Gasteiger partial charge in [0.2, 0.25) is 0 Å². The van der Waals surface area contributed by atoms with Crippen molar-refractivity contribution in [3.63, 3.8) is 0 Å². The van der Waals surface area contributed by atoms with Gasteiger partial charge < -0.3 is 15.8 Å².